The monoisotopic (exact) mass is 398 g/mol. The molecule has 4 heteroatoms. The van der Waals surface area contributed by atoms with Crippen molar-refractivity contribution in [3.05, 3.63) is 35.4 Å². The van der Waals surface area contributed by atoms with Gasteiger partial charge in [0, 0.05) is 0 Å². The van der Waals surface area contributed by atoms with Gasteiger partial charge < -0.3 is 0 Å². The van der Waals surface area contributed by atoms with Crippen LogP contribution in [0.2, 0.25) is 0 Å². The molecule has 2 aliphatic rings. The minimum Gasteiger partial charge on any atom is -0.251 e. The molecular formula is C24H34F4. The molecule has 3 rings (SSSR count). The van der Waals surface area contributed by atoms with E-state index in [1.54, 1.807) is 12.1 Å². The van der Waals surface area contributed by atoms with Crippen LogP contribution in [0.25, 0.3) is 0 Å². The van der Waals surface area contributed by atoms with Crippen LogP contribution < -0.4 is 0 Å². The highest BCUT2D eigenvalue weighted by atomic mass is 19.4. The lowest BCUT2D eigenvalue weighted by atomic mass is 9.68. The Morgan fingerprint density at radius 3 is 1.68 bits per heavy atom. The van der Waals surface area contributed by atoms with E-state index in [9.17, 15) is 17.6 Å². The van der Waals surface area contributed by atoms with Gasteiger partial charge in [0.15, 0.2) is 0 Å². The molecule has 28 heavy (non-hydrogen) atoms. The van der Waals surface area contributed by atoms with Crippen molar-refractivity contribution in [1.82, 2.24) is 0 Å². The lowest BCUT2D eigenvalue weighted by Crippen LogP contribution is -2.26. The fraction of sp³-hybridized carbons (Fsp3) is 0.750. The Kier molecular flexibility index (Phi) is 7.82. The normalized spacial score (nSPS) is 29.0. The highest BCUT2D eigenvalue weighted by Gasteiger charge is 2.31. The summed E-state index contributed by atoms with van der Waals surface area (Å²) in [4.78, 5) is 0. The summed E-state index contributed by atoms with van der Waals surface area (Å²) < 4.78 is 50.3. The fourth-order valence-electron chi connectivity index (χ4n) is 5.49. The van der Waals surface area contributed by atoms with Gasteiger partial charge in [0.1, 0.15) is 0 Å². The number of alkyl halides is 4. The summed E-state index contributed by atoms with van der Waals surface area (Å²) in [6, 6.07) is 5.68. The van der Waals surface area contributed by atoms with E-state index in [1.165, 1.54) is 63.5 Å². The second kappa shape index (κ2) is 10.1. The number of aryl methyl sites for hydroxylation is 1. The van der Waals surface area contributed by atoms with Crippen LogP contribution in [0.1, 0.15) is 81.8 Å². The standard InChI is InChI=1S/C24H34F4/c25-17-1-2-18-5-11-21(12-6-18)22-13-7-19(8-14-22)3-4-20-9-15-23(16-10-20)24(26,27)28/h9-10,15-16,18-19,21-22H,1-8,11-14,17H2. The van der Waals surface area contributed by atoms with Gasteiger partial charge >= 0.3 is 6.18 Å². The molecule has 158 valence electrons. The molecule has 0 aliphatic heterocycles. The zero-order valence-corrected chi connectivity index (χ0v) is 16.8. The van der Waals surface area contributed by atoms with Crippen molar-refractivity contribution in [1.29, 1.82) is 0 Å². The second-order valence-corrected chi connectivity index (χ2v) is 9.13. The maximum Gasteiger partial charge on any atom is 0.416 e. The summed E-state index contributed by atoms with van der Waals surface area (Å²) in [5, 5.41) is 0. The van der Waals surface area contributed by atoms with Crippen LogP contribution in [0.3, 0.4) is 0 Å². The van der Waals surface area contributed by atoms with Gasteiger partial charge in [-0.15, -0.1) is 0 Å². The van der Waals surface area contributed by atoms with Gasteiger partial charge in [-0.2, -0.15) is 13.2 Å². The van der Waals surface area contributed by atoms with Gasteiger partial charge in [-0.25, -0.2) is 0 Å². The third-order valence-electron chi connectivity index (χ3n) is 7.32. The number of rotatable bonds is 7. The van der Waals surface area contributed by atoms with Gasteiger partial charge in [-0.1, -0.05) is 37.8 Å². The summed E-state index contributed by atoms with van der Waals surface area (Å²) in [6.45, 7) is -0.170. The third kappa shape index (κ3) is 6.22. The Balaban J connectivity index is 1.35. The van der Waals surface area contributed by atoms with Crippen LogP contribution in [0, 0.1) is 23.7 Å². The number of hydrogen-bond donors (Lipinski definition) is 0. The number of benzene rings is 1. The summed E-state index contributed by atoms with van der Waals surface area (Å²) in [5.74, 6) is 3.22. The predicted octanol–water partition coefficient (Wildman–Crippen LogP) is 8.00. The Labute approximate surface area is 167 Å². The molecule has 0 radical (unpaired) electrons. The molecule has 0 nitrogen and oxygen atoms in total. The van der Waals surface area contributed by atoms with Crippen LogP contribution in [0.15, 0.2) is 24.3 Å². The van der Waals surface area contributed by atoms with Crippen molar-refractivity contribution in [3.8, 4) is 0 Å². The van der Waals surface area contributed by atoms with Gasteiger partial charge in [-0.3, -0.25) is 4.39 Å². The molecule has 1 aromatic carbocycles. The minimum atomic E-state index is -4.25. The van der Waals surface area contributed by atoms with E-state index in [2.05, 4.69) is 0 Å². The molecule has 0 N–H and O–H groups in total. The molecule has 0 unspecified atom stereocenters. The molecule has 0 amide bonds. The van der Waals surface area contributed by atoms with E-state index < -0.39 is 11.7 Å². The van der Waals surface area contributed by atoms with Crippen LogP contribution in [-0.4, -0.2) is 6.67 Å². The van der Waals surface area contributed by atoms with Crippen molar-refractivity contribution in [2.24, 2.45) is 23.7 Å². The van der Waals surface area contributed by atoms with E-state index in [0.29, 0.717) is 0 Å². The topological polar surface area (TPSA) is 0 Å². The van der Waals surface area contributed by atoms with E-state index >= 15 is 0 Å². The molecule has 0 spiro atoms. The van der Waals surface area contributed by atoms with E-state index in [4.69, 9.17) is 0 Å². The minimum absolute atomic E-state index is 0.170. The largest absolute Gasteiger partial charge is 0.416 e. The first-order valence-corrected chi connectivity index (χ1v) is 11.2. The Morgan fingerprint density at radius 1 is 0.714 bits per heavy atom. The molecule has 1 aromatic rings. The van der Waals surface area contributed by atoms with Crippen molar-refractivity contribution in [2.45, 2.75) is 83.2 Å². The zero-order chi connectivity index (χ0) is 20.0. The van der Waals surface area contributed by atoms with Gasteiger partial charge in [-0.05, 0) is 92.7 Å². The Hall–Kier alpha value is -1.06. The molecule has 0 bridgehead atoms. The third-order valence-corrected chi connectivity index (χ3v) is 7.32. The maximum absolute atomic E-state index is 12.6. The lowest BCUT2D eigenvalue weighted by Gasteiger charge is -2.38. The van der Waals surface area contributed by atoms with Crippen molar-refractivity contribution in [3.63, 3.8) is 0 Å². The van der Waals surface area contributed by atoms with Crippen LogP contribution in [0.5, 0.6) is 0 Å². The maximum atomic E-state index is 12.6. The van der Waals surface area contributed by atoms with Gasteiger partial charge in [0.25, 0.3) is 0 Å². The van der Waals surface area contributed by atoms with Gasteiger partial charge in [0.05, 0.1) is 12.2 Å². The van der Waals surface area contributed by atoms with E-state index in [0.717, 1.165) is 54.9 Å². The molecule has 0 aromatic heterocycles. The SMILES string of the molecule is FCCCC1CCC(C2CCC(CCc3ccc(C(F)(F)F)cc3)CC2)CC1. The van der Waals surface area contributed by atoms with E-state index in [1.807, 2.05) is 0 Å². The first kappa shape index (κ1) is 21.6. The van der Waals surface area contributed by atoms with Crippen molar-refractivity contribution >= 4 is 0 Å². The van der Waals surface area contributed by atoms with Crippen LogP contribution >= 0.6 is 0 Å². The average Bonchev–Trinajstić information content (AvgIpc) is 2.71. The summed E-state index contributed by atoms with van der Waals surface area (Å²) >= 11 is 0. The smallest absolute Gasteiger partial charge is 0.251 e. The van der Waals surface area contributed by atoms with E-state index in [-0.39, 0.29) is 6.67 Å². The predicted molar refractivity (Wildman–Crippen MR) is 106 cm³/mol. The lowest BCUT2D eigenvalue weighted by molar-refractivity contribution is -0.137. The molecule has 0 saturated heterocycles. The highest BCUT2D eigenvalue weighted by Crippen LogP contribution is 2.43. The van der Waals surface area contributed by atoms with Crippen LogP contribution in [0.4, 0.5) is 17.6 Å². The quantitative estimate of drug-likeness (QED) is 0.408. The van der Waals surface area contributed by atoms with Crippen molar-refractivity contribution < 1.29 is 17.6 Å². The molecule has 2 saturated carbocycles. The molecular weight excluding hydrogens is 364 g/mol. The molecule has 0 heterocycles. The molecule has 0 atom stereocenters. The fourth-order valence-corrected chi connectivity index (χ4v) is 5.49. The summed E-state index contributed by atoms with van der Waals surface area (Å²) in [5.41, 5.74) is 0.456. The summed E-state index contributed by atoms with van der Waals surface area (Å²) in [7, 11) is 0. The Bertz CT molecular complexity index is 561. The zero-order valence-electron chi connectivity index (χ0n) is 16.8. The number of hydrogen-bond acceptors (Lipinski definition) is 0. The summed E-state index contributed by atoms with van der Waals surface area (Å²) in [6.07, 6.45) is 9.95. The average molecular weight is 399 g/mol. The molecule has 2 fully saturated rings. The second-order valence-electron chi connectivity index (χ2n) is 9.13. The first-order chi connectivity index (χ1) is 13.5. The van der Waals surface area contributed by atoms with Crippen LogP contribution in [-0.2, 0) is 12.6 Å². The van der Waals surface area contributed by atoms with Gasteiger partial charge in [0.2, 0.25) is 0 Å². The highest BCUT2D eigenvalue weighted by molar-refractivity contribution is 5.24. The Morgan fingerprint density at radius 2 is 1.21 bits per heavy atom. The number of halogens is 4. The molecule has 2 aliphatic carbocycles. The first-order valence-electron chi connectivity index (χ1n) is 11.2. The van der Waals surface area contributed by atoms with Crippen molar-refractivity contribution in [2.75, 3.05) is 6.67 Å².